The van der Waals surface area contributed by atoms with Gasteiger partial charge >= 0.3 is 0 Å². The molecule has 0 unspecified atom stereocenters. The van der Waals surface area contributed by atoms with Crippen LogP contribution in [0.2, 0.25) is 0 Å². The van der Waals surface area contributed by atoms with Crippen LogP contribution in [0.5, 0.6) is 0 Å². The summed E-state index contributed by atoms with van der Waals surface area (Å²) in [4.78, 5) is 13.8. The van der Waals surface area contributed by atoms with E-state index < -0.39 is 5.82 Å². The predicted octanol–water partition coefficient (Wildman–Crippen LogP) is 3.47. The van der Waals surface area contributed by atoms with Crippen molar-refractivity contribution >= 4 is 21.8 Å². The fourth-order valence-electron chi connectivity index (χ4n) is 1.89. The molecule has 20 heavy (non-hydrogen) atoms. The summed E-state index contributed by atoms with van der Waals surface area (Å²) in [5.41, 5.74) is 1.93. The molecule has 2 aromatic rings. The monoisotopic (exact) mass is 340 g/mol. The number of carbonyl (C=O) groups excluding carboxylic acids is 1. The van der Waals surface area contributed by atoms with Crippen molar-refractivity contribution in [3.05, 3.63) is 51.1 Å². The summed E-state index contributed by atoms with van der Waals surface area (Å²) in [6, 6.07) is 4.32. The molecule has 0 saturated carbocycles. The molecule has 0 N–H and O–H groups in total. The molecule has 0 saturated heterocycles. The highest BCUT2D eigenvalue weighted by atomic mass is 79.9. The van der Waals surface area contributed by atoms with Gasteiger partial charge in [0.05, 0.1) is 16.7 Å². The van der Waals surface area contributed by atoms with Gasteiger partial charge in [-0.3, -0.25) is 4.79 Å². The molecule has 1 amide bonds. The Morgan fingerprint density at radius 1 is 1.45 bits per heavy atom. The quantitative estimate of drug-likeness (QED) is 0.859. The zero-order valence-electron chi connectivity index (χ0n) is 11.4. The van der Waals surface area contributed by atoms with E-state index in [0.717, 1.165) is 11.3 Å². The van der Waals surface area contributed by atoms with Gasteiger partial charge in [-0.2, -0.15) is 0 Å². The van der Waals surface area contributed by atoms with Gasteiger partial charge < -0.3 is 9.42 Å². The highest BCUT2D eigenvalue weighted by molar-refractivity contribution is 9.10. The molecule has 0 aliphatic heterocycles. The van der Waals surface area contributed by atoms with E-state index in [2.05, 4.69) is 21.1 Å². The zero-order valence-corrected chi connectivity index (χ0v) is 13.0. The number of carbonyl (C=O) groups is 1. The Morgan fingerprint density at radius 3 is 2.70 bits per heavy atom. The van der Waals surface area contributed by atoms with E-state index in [0.29, 0.717) is 22.3 Å². The minimum Gasteiger partial charge on any atom is -0.361 e. The molecule has 1 aromatic heterocycles. The van der Waals surface area contributed by atoms with E-state index in [1.807, 2.05) is 6.92 Å². The van der Waals surface area contributed by atoms with Crippen molar-refractivity contribution < 1.29 is 13.7 Å². The maximum atomic E-state index is 13.5. The number of benzene rings is 1. The summed E-state index contributed by atoms with van der Waals surface area (Å²) in [7, 11) is 1.66. The maximum absolute atomic E-state index is 13.5. The van der Waals surface area contributed by atoms with Crippen molar-refractivity contribution in [1.82, 2.24) is 10.1 Å². The van der Waals surface area contributed by atoms with Gasteiger partial charge in [0.15, 0.2) is 0 Å². The molecule has 106 valence electrons. The van der Waals surface area contributed by atoms with E-state index in [4.69, 9.17) is 4.52 Å². The van der Waals surface area contributed by atoms with Crippen LogP contribution in [0.15, 0.2) is 27.2 Å². The zero-order chi connectivity index (χ0) is 14.9. The fourth-order valence-corrected chi connectivity index (χ4v) is 2.13. The molecule has 0 radical (unpaired) electrons. The lowest BCUT2D eigenvalue weighted by Gasteiger charge is -2.17. The van der Waals surface area contributed by atoms with Crippen molar-refractivity contribution in [1.29, 1.82) is 0 Å². The minimum atomic E-state index is -0.457. The van der Waals surface area contributed by atoms with Crippen LogP contribution in [-0.4, -0.2) is 23.0 Å². The van der Waals surface area contributed by atoms with Gasteiger partial charge in [0, 0.05) is 18.2 Å². The number of nitrogens with zero attached hydrogens (tertiary/aromatic N) is 2. The molecular weight excluding hydrogens is 327 g/mol. The number of amides is 1. The average Bonchev–Trinajstić information content (AvgIpc) is 2.72. The minimum absolute atomic E-state index is 0.253. The molecule has 0 aliphatic carbocycles. The fraction of sp³-hybridized carbons (Fsp3) is 0.286. The van der Waals surface area contributed by atoms with Gasteiger partial charge in [-0.15, -0.1) is 0 Å². The van der Waals surface area contributed by atoms with Crippen LogP contribution in [0.1, 0.15) is 27.4 Å². The van der Waals surface area contributed by atoms with E-state index in [9.17, 15) is 9.18 Å². The van der Waals surface area contributed by atoms with E-state index in [1.54, 1.807) is 20.0 Å². The van der Waals surface area contributed by atoms with E-state index >= 15 is 0 Å². The van der Waals surface area contributed by atoms with Crippen molar-refractivity contribution in [3.63, 3.8) is 0 Å². The summed E-state index contributed by atoms with van der Waals surface area (Å²) < 4.78 is 18.9. The molecule has 1 aromatic carbocycles. The van der Waals surface area contributed by atoms with Gasteiger partial charge in [0.25, 0.3) is 5.91 Å². The van der Waals surface area contributed by atoms with Gasteiger partial charge in [-0.05, 0) is 48.0 Å². The van der Waals surface area contributed by atoms with Gasteiger partial charge in [0.1, 0.15) is 11.6 Å². The lowest BCUT2D eigenvalue weighted by atomic mass is 10.1. The summed E-state index contributed by atoms with van der Waals surface area (Å²) >= 11 is 3.06. The molecule has 0 aliphatic rings. The SMILES string of the molecule is Cc1noc(C)c1CN(C)C(=O)c1ccc(Br)c(F)c1. The van der Waals surface area contributed by atoms with Crippen LogP contribution in [0.25, 0.3) is 0 Å². The third-order valence-corrected chi connectivity index (χ3v) is 3.73. The molecular formula is C14H14BrFN2O2. The third kappa shape index (κ3) is 2.90. The second-order valence-corrected chi connectivity index (χ2v) is 5.45. The largest absolute Gasteiger partial charge is 0.361 e. The lowest BCUT2D eigenvalue weighted by Crippen LogP contribution is -2.26. The second-order valence-electron chi connectivity index (χ2n) is 4.59. The molecule has 1 heterocycles. The summed E-state index contributed by atoms with van der Waals surface area (Å²) in [6.45, 7) is 3.99. The van der Waals surface area contributed by atoms with Crippen LogP contribution >= 0.6 is 15.9 Å². The normalized spacial score (nSPS) is 10.7. The van der Waals surface area contributed by atoms with Gasteiger partial charge in [-0.25, -0.2) is 4.39 Å². The highest BCUT2D eigenvalue weighted by Gasteiger charge is 2.17. The number of halogens is 2. The topological polar surface area (TPSA) is 46.3 Å². The molecule has 0 bridgehead atoms. The van der Waals surface area contributed by atoms with Gasteiger partial charge in [-0.1, -0.05) is 5.16 Å². The summed E-state index contributed by atoms with van der Waals surface area (Å²) in [6.07, 6.45) is 0. The lowest BCUT2D eigenvalue weighted by molar-refractivity contribution is 0.0784. The summed E-state index contributed by atoms with van der Waals surface area (Å²) in [5.74, 6) is -0.0258. The Labute approximate surface area is 124 Å². The molecule has 0 atom stereocenters. The third-order valence-electron chi connectivity index (χ3n) is 3.09. The first-order chi connectivity index (χ1) is 9.40. The number of rotatable bonds is 3. The smallest absolute Gasteiger partial charge is 0.254 e. The predicted molar refractivity (Wildman–Crippen MR) is 75.9 cm³/mol. The maximum Gasteiger partial charge on any atom is 0.254 e. The Balaban J connectivity index is 2.18. The Morgan fingerprint density at radius 2 is 2.15 bits per heavy atom. The average molecular weight is 341 g/mol. The van der Waals surface area contributed by atoms with Crippen LogP contribution in [0, 0.1) is 19.7 Å². The van der Waals surface area contributed by atoms with Crippen LogP contribution < -0.4 is 0 Å². The number of aromatic nitrogens is 1. The van der Waals surface area contributed by atoms with Crippen molar-refractivity contribution in [2.24, 2.45) is 0 Å². The number of hydrogen-bond acceptors (Lipinski definition) is 3. The van der Waals surface area contributed by atoms with Crippen molar-refractivity contribution in [2.45, 2.75) is 20.4 Å². The second kappa shape index (κ2) is 5.75. The Bertz CT molecular complexity index is 635. The van der Waals surface area contributed by atoms with Crippen molar-refractivity contribution in [3.8, 4) is 0 Å². The molecule has 6 heteroatoms. The Kier molecular flexibility index (Phi) is 4.23. The number of aryl methyl sites for hydroxylation is 2. The van der Waals surface area contributed by atoms with Crippen LogP contribution in [0.3, 0.4) is 0 Å². The van der Waals surface area contributed by atoms with Crippen LogP contribution in [-0.2, 0) is 6.54 Å². The Hall–Kier alpha value is -1.69. The standard InChI is InChI=1S/C14H14BrFN2O2/c1-8-11(9(2)20-17-8)7-18(3)14(19)10-4-5-12(15)13(16)6-10/h4-6H,7H2,1-3H3. The number of hydrogen-bond donors (Lipinski definition) is 0. The van der Waals surface area contributed by atoms with Crippen molar-refractivity contribution in [2.75, 3.05) is 7.05 Å². The molecule has 2 rings (SSSR count). The first kappa shape index (κ1) is 14.7. The van der Waals surface area contributed by atoms with Gasteiger partial charge in [0.2, 0.25) is 0 Å². The molecule has 0 spiro atoms. The first-order valence-corrected chi connectivity index (χ1v) is 6.81. The first-order valence-electron chi connectivity index (χ1n) is 6.02. The van der Waals surface area contributed by atoms with E-state index in [1.165, 1.54) is 17.0 Å². The highest BCUT2D eigenvalue weighted by Crippen LogP contribution is 2.19. The van der Waals surface area contributed by atoms with Crippen LogP contribution in [0.4, 0.5) is 4.39 Å². The molecule has 0 fully saturated rings. The van der Waals surface area contributed by atoms with E-state index in [-0.39, 0.29) is 5.91 Å². The molecule has 4 nitrogen and oxygen atoms in total. The summed E-state index contributed by atoms with van der Waals surface area (Å²) in [5, 5.41) is 3.85.